The Morgan fingerprint density at radius 3 is 2.49 bits per heavy atom. The summed E-state index contributed by atoms with van der Waals surface area (Å²) in [7, 11) is 1.95. The van der Waals surface area contributed by atoms with Crippen molar-refractivity contribution < 1.29 is 9.53 Å². The van der Waals surface area contributed by atoms with Crippen LogP contribution in [0, 0.1) is 5.92 Å². The van der Waals surface area contributed by atoms with E-state index >= 15 is 0 Å². The number of allylic oxidation sites excluding steroid dienone is 1. The van der Waals surface area contributed by atoms with E-state index in [-0.39, 0.29) is 6.10 Å². The van der Waals surface area contributed by atoms with E-state index in [9.17, 15) is 4.79 Å². The van der Waals surface area contributed by atoms with Crippen LogP contribution >= 0.6 is 0 Å². The van der Waals surface area contributed by atoms with Gasteiger partial charge in [-0.3, -0.25) is 9.79 Å². The topological polar surface area (TPSA) is 81.6 Å². The van der Waals surface area contributed by atoms with Gasteiger partial charge in [0.25, 0.3) is 6.47 Å². The van der Waals surface area contributed by atoms with Crippen LogP contribution in [-0.2, 0) is 9.53 Å². The number of anilines is 2. The summed E-state index contributed by atoms with van der Waals surface area (Å²) in [5.41, 5.74) is 14.3. The number of nitrogen functional groups attached to an aromatic ring is 1. The Morgan fingerprint density at radius 2 is 1.92 bits per heavy atom. The van der Waals surface area contributed by atoms with Crippen molar-refractivity contribution in [3.05, 3.63) is 53.6 Å². The predicted molar refractivity (Wildman–Crippen MR) is 156 cm³/mol. The lowest BCUT2D eigenvalue weighted by Crippen LogP contribution is -2.17. The summed E-state index contributed by atoms with van der Waals surface area (Å²) in [4.78, 5) is 14.2. The standard InChI is InChI=1S/C25H30N4.C6H10O2/c1-4-28-16-17(2)14-23-22-13-10-19(26)15-24(22)29(21-6-5-7-21)25(23)18-8-11-20(27-3)12-9-18;1-5(8-4-7)6-2-3-6/h8-16,21,27H,4-7,26H2,1-3H3;4-6H,2-3H2,1H3/b17-14+,28-16?;. The average molecular weight is 501 g/mol. The number of nitrogens with two attached hydrogens (primary N) is 1. The van der Waals surface area contributed by atoms with Gasteiger partial charge in [-0.2, -0.15) is 0 Å². The predicted octanol–water partition coefficient (Wildman–Crippen LogP) is 7.11. The molecule has 1 atom stereocenters. The largest absolute Gasteiger partial charge is 0.465 e. The number of ether oxygens (including phenoxy) is 1. The number of hydrogen-bond donors (Lipinski definition) is 2. The van der Waals surface area contributed by atoms with E-state index < -0.39 is 0 Å². The molecule has 1 unspecified atom stereocenters. The molecule has 2 aromatic carbocycles. The monoisotopic (exact) mass is 500 g/mol. The van der Waals surface area contributed by atoms with Gasteiger partial charge in [0.05, 0.1) is 11.2 Å². The summed E-state index contributed by atoms with van der Waals surface area (Å²) in [6.45, 7) is 7.44. The second-order valence-corrected chi connectivity index (χ2v) is 10.1. The number of nitrogens with one attached hydrogen (secondary N) is 1. The summed E-state index contributed by atoms with van der Waals surface area (Å²) >= 11 is 0. The van der Waals surface area contributed by atoms with E-state index in [1.54, 1.807) is 0 Å². The van der Waals surface area contributed by atoms with Crippen molar-refractivity contribution in [2.45, 2.75) is 65.0 Å². The first-order chi connectivity index (χ1) is 18.0. The number of aliphatic imine (C=N–C) groups is 1. The van der Waals surface area contributed by atoms with E-state index in [0.29, 0.717) is 18.4 Å². The minimum absolute atomic E-state index is 0.160. The van der Waals surface area contributed by atoms with Crippen molar-refractivity contribution in [2.75, 3.05) is 24.6 Å². The molecule has 0 bridgehead atoms. The summed E-state index contributed by atoms with van der Waals surface area (Å²) in [6, 6.07) is 15.6. The second kappa shape index (κ2) is 12.1. The Hall–Kier alpha value is -3.54. The molecule has 0 radical (unpaired) electrons. The Bertz CT molecular complexity index is 1260. The van der Waals surface area contributed by atoms with E-state index in [1.807, 2.05) is 26.3 Å². The van der Waals surface area contributed by atoms with Crippen molar-refractivity contribution in [1.29, 1.82) is 0 Å². The van der Waals surface area contributed by atoms with Crippen molar-refractivity contribution in [3.8, 4) is 11.3 Å². The zero-order valence-electron chi connectivity index (χ0n) is 22.5. The SMILES string of the molecule is CC(OC=O)C1CC1.CCN=C/C(C)=C/c1c(-c2ccc(NC)cc2)n(C2CCC2)c2cc(N)ccc12. The second-order valence-electron chi connectivity index (χ2n) is 10.1. The minimum Gasteiger partial charge on any atom is -0.465 e. The molecule has 2 aliphatic rings. The van der Waals surface area contributed by atoms with Gasteiger partial charge in [0, 0.05) is 48.2 Å². The van der Waals surface area contributed by atoms with Crippen LogP contribution in [0.2, 0.25) is 0 Å². The van der Waals surface area contributed by atoms with Gasteiger partial charge in [-0.1, -0.05) is 18.2 Å². The number of rotatable bonds is 9. The van der Waals surface area contributed by atoms with Crippen LogP contribution in [0.3, 0.4) is 0 Å². The number of carbonyl (C=O) groups is 1. The average Bonchev–Trinajstić information content (AvgIpc) is 3.68. The van der Waals surface area contributed by atoms with Crippen molar-refractivity contribution >= 4 is 41.0 Å². The maximum Gasteiger partial charge on any atom is 0.293 e. The smallest absolute Gasteiger partial charge is 0.293 e. The molecule has 2 aliphatic carbocycles. The summed E-state index contributed by atoms with van der Waals surface area (Å²) in [5.74, 6) is 0.667. The fourth-order valence-corrected chi connectivity index (χ4v) is 4.88. The van der Waals surface area contributed by atoms with Crippen molar-refractivity contribution in [3.63, 3.8) is 0 Å². The molecule has 2 fully saturated rings. The maximum atomic E-state index is 9.73. The first kappa shape index (κ1) is 26.5. The first-order valence-corrected chi connectivity index (χ1v) is 13.5. The first-order valence-electron chi connectivity index (χ1n) is 13.5. The van der Waals surface area contributed by atoms with Gasteiger partial charge < -0.3 is 20.4 Å². The van der Waals surface area contributed by atoms with Gasteiger partial charge in [0.15, 0.2) is 0 Å². The molecule has 6 nitrogen and oxygen atoms in total. The minimum atomic E-state index is 0.160. The lowest BCUT2D eigenvalue weighted by atomic mass is 9.92. The Labute approximate surface area is 220 Å². The number of benzene rings is 2. The Kier molecular flexibility index (Phi) is 8.70. The van der Waals surface area contributed by atoms with E-state index in [1.165, 1.54) is 59.8 Å². The molecule has 0 aliphatic heterocycles. The number of carbonyl (C=O) groups excluding carboxylic acids is 1. The molecular formula is C31H40N4O2. The number of aromatic nitrogens is 1. The van der Waals surface area contributed by atoms with Crippen LogP contribution in [0.4, 0.5) is 11.4 Å². The summed E-state index contributed by atoms with van der Waals surface area (Å²) < 4.78 is 7.21. The van der Waals surface area contributed by atoms with Crippen molar-refractivity contribution in [2.24, 2.45) is 10.9 Å². The lowest BCUT2D eigenvalue weighted by Gasteiger charge is -2.30. The van der Waals surface area contributed by atoms with Crippen LogP contribution in [0.25, 0.3) is 28.2 Å². The molecular weight excluding hydrogens is 460 g/mol. The van der Waals surface area contributed by atoms with E-state index in [2.05, 4.69) is 75.9 Å². The van der Waals surface area contributed by atoms with Gasteiger partial charge in [-0.15, -0.1) is 0 Å². The van der Waals surface area contributed by atoms with Crippen LogP contribution < -0.4 is 11.1 Å². The fourth-order valence-electron chi connectivity index (χ4n) is 4.88. The zero-order valence-corrected chi connectivity index (χ0v) is 22.5. The third kappa shape index (κ3) is 6.24. The molecule has 2 saturated carbocycles. The molecule has 5 rings (SSSR count). The molecule has 37 heavy (non-hydrogen) atoms. The highest BCUT2D eigenvalue weighted by molar-refractivity contribution is 6.01. The summed E-state index contributed by atoms with van der Waals surface area (Å²) in [6.07, 6.45) is 10.6. The van der Waals surface area contributed by atoms with Gasteiger partial charge in [0.2, 0.25) is 0 Å². The van der Waals surface area contributed by atoms with Crippen LogP contribution in [0.15, 0.2) is 53.0 Å². The molecule has 6 heteroatoms. The number of nitrogens with zero attached hydrogens (tertiary/aromatic N) is 2. The van der Waals surface area contributed by atoms with Gasteiger partial charge >= 0.3 is 0 Å². The highest BCUT2D eigenvalue weighted by Crippen LogP contribution is 2.44. The molecule has 196 valence electrons. The molecule has 0 amide bonds. The van der Waals surface area contributed by atoms with Crippen LogP contribution in [-0.4, -0.2) is 37.0 Å². The molecule has 1 heterocycles. The van der Waals surface area contributed by atoms with Crippen LogP contribution in [0.1, 0.15) is 64.5 Å². The molecule has 0 spiro atoms. The zero-order chi connectivity index (χ0) is 26.4. The van der Waals surface area contributed by atoms with Crippen LogP contribution in [0.5, 0.6) is 0 Å². The molecule has 1 aromatic heterocycles. The molecule has 3 aromatic rings. The fraction of sp³-hybridized carbons (Fsp3) is 0.419. The quantitative estimate of drug-likeness (QED) is 0.186. The Balaban J connectivity index is 0.000000342. The third-order valence-electron chi connectivity index (χ3n) is 7.36. The van der Waals surface area contributed by atoms with Gasteiger partial charge in [-0.25, -0.2) is 0 Å². The van der Waals surface area contributed by atoms with Gasteiger partial charge in [-0.05, 0) is 100 Å². The lowest BCUT2D eigenvalue weighted by molar-refractivity contribution is -0.133. The third-order valence-corrected chi connectivity index (χ3v) is 7.36. The highest BCUT2D eigenvalue weighted by Gasteiger charge is 2.29. The normalized spacial score (nSPS) is 16.7. The number of hydrogen-bond acceptors (Lipinski definition) is 5. The number of fused-ring (bicyclic) bond motifs is 1. The maximum absolute atomic E-state index is 9.73. The molecule has 0 saturated heterocycles. The van der Waals surface area contributed by atoms with E-state index in [4.69, 9.17) is 5.73 Å². The highest BCUT2D eigenvalue weighted by atomic mass is 16.5. The van der Waals surface area contributed by atoms with Gasteiger partial charge in [0.1, 0.15) is 6.10 Å². The Morgan fingerprint density at radius 1 is 1.19 bits per heavy atom. The van der Waals surface area contributed by atoms with E-state index in [0.717, 1.165) is 23.5 Å². The van der Waals surface area contributed by atoms with Crippen molar-refractivity contribution in [1.82, 2.24) is 4.57 Å². The summed E-state index contributed by atoms with van der Waals surface area (Å²) in [5, 5.41) is 4.47. The molecule has 3 N–H and O–H groups in total.